The van der Waals surface area contributed by atoms with Gasteiger partial charge >= 0.3 is 0 Å². The maximum atomic E-state index is 11.9. The molecule has 0 aliphatic carbocycles. The zero-order valence-electron chi connectivity index (χ0n) is 12.2. The molecule has 2 rings (SSSR count). The van der Waals surface area contributed by atoms with Crippen LogP contribution in [0.5, 0.6) is 5.75 Å². The molecule has 3 nitrogen and oxygen atoms in total. The van der Waals surface area contributed by atoms with Crippen molar-refractivity contribution in [2.45, 2.75) is 19.8 Å². The molecule has 0 aromatic heterocycles. The fourth-order valence-corrected chi connectivity index (χ4v) is 2.42. The molecule has 0 fully saturated rings. The van der Waals surface area contributed by atoms with Gasteiger partial charge in [0, 0.05) is 21.6 Å². The van der Waals surface area contributed by atoms with Gasteiger partial charge in [0.05, 0.1) is 6.61 Å². The van der Waals surface area contributed by atoms with E-state index < -0.39 is 0 Å². The number of carbonyl (C=O) groups excluding carboxylic acids is 1. The molecule has 0 radical (unpaired) electrons. The summed E-state index contributed by atoms with van der Waals surface area (Å²) in [4.78, 5) is 11.9. The van der Waals surface area contributed by atoms with Crippen LogP contribution < -0.4 is 10.1 Å². The van der Waals surface area contributed by atoms with Gasteiger partial charge in [-0.25, -0.2) is 0 Å². The molecule has 5 heteroatoms. The first-order valence-electron chi connectivity index (χ1n) is 6.99. The molecule has 0 spiro atoms. The fourth-order valence-electron chi connectivity index (χ4n) is 1.93. The van der Waals surface area contributed by atoms with Gasteiger partial charge in [0.15, 0.2) is 0 Å². The van der Waals surface area contributed by atoms with Crippen LogP contribution in [0.2, 0.25) is 5.02 Å². The van der Waals surface area contributed by atoms with Crippen molar-refractivity contribution in [1.82, 2.24) is 0 Å². The van der Waals surface area contributed by atoms with Crippen molar-refractivity contribution in [3.05, 3.63) is 57.5 Å². The summed E-state index contributed by atoms with van der Waals surface area (Å²) in [5, 5.41) is 3.55. The molecule has 0 saturated carbocycles. The van der Waals surface area contributed by atoms with E-state index in [4.69, 9.17) is 16.3 Å². The van der Waals surface area contributed by atoms with Gasteiger partial charge in [0.2, 0.25) is 5.91 Å². The van der Waals surface area contributed by atoms with Crippen LogP contribution in [-0.4, -0.2) is 12.5 Å². The van der Waals surface area contributed by atoms with Crippen LogP contribution in [0.4, 0.5) is 5.69 Å². The molecular weight excluding hydrogens is 366 g/mol. The highest BCUT2D eigenvalue weighted by Crippen LogP contribution is 2.20. The highest BCUT2D eigenvalue weighted by molar-refractivity contribution is 9.10. The molecule has 1 amide bonds. The van der Waals surface area contributed by atoms with Crippen molar-refractivity contribution >= 4 is 39.1 Å². The summed E-state index contributed by atoms with van der Waals surface area (Å²) in [6, 6.07) is 13.0. The fraction of sp³-hybridized carbons (Fsp3) is 0.235. The minimum absolute atomic E-state index is 0.0233. The molecule has 1 N–H and O–H groups in total. The summed E-state index contributed by atoms with van der Waals surface area (Å²) in [7, 11) is 0. The second-order valence-corrected chi connectivity index (χ2v) is 6.27. The maximum Gasteiger partial charge on any atom is 0.224 e. The van der Waals surface area contributed by atoms with Crippen molar-refractivity contribution < 1.29 is 9.53 Å². The third kappa shape index (κ3) is 5.35. The van der Waals surface area contributed by atoms with Gasteiger partial charge in [-0.3, -0.25) is 4.79 Å². The Balaban J connectivity index is 1.72. The predicted octanol–water partition coefficient (Wildman–Crippen LogP) is 5.21. The van der Waals surface area contributed by atoms with E-state index in [1.54, 1.807) is 6.07 Å². The van der Waals surface area contributed by atoms with Crippen molar-refractivity contribution in [2.75, 3.05) is 11.9 Å². The Hall–Kier alpha value is -1.52. The highest BCUT2D eigenvalue weighted by atomic mass is 79.9. The van der Waals surface area contributed by atoms with Gasteiger partial charge < -0.3 is 10.1 Å². The number of hydrogen-bond donors (Lipinski definition) is 1. The second-order valence-electron chi connectivity index (χ2n) is 4.91. The van der Waals surface area contributed by atoms with E-state index >= 15 is 0 Å². The molecule has 0 bridgehead atoms. The Kier molecular flexibility index (Phi) is 6.28. The number of ether oxygens (including phenoxy) is 1. The molecular formula is C17H17BrClNO2. The highest BCUT2D eigenvalue weighted by Gasteiger charge is 2.05. The van der Waals surface area contributed by atoms with Crippen molar-refractivity contribution in [1.29, 1.82) is 0 Å². The summed E-state index contributed by atoms with van der Waals surface area (Å²) in [6.07, 6.45) is 1.08. The van der Waals surface area contributed by atoms with E-state index in [-0.39, 0.29) is 5.91 Å². The Morgan fingerprint density at radius 2 is 1.95 bits per heavy atom. The molecule has 22 heavy (non-hydrogen) atoms. The van der Waals surface area contributed by atoms with Crippen LogP contribution in [0.1, 0.15) is 18.4 Å². The Bertz CT molecular complexity index is 644. The minimum Gasteiger partial charge on any atom is -0.494 e. The monoisotopic (exact) mass is 381 g/mol. The molecule has 0 aliphatic heterocycles. The van der Waals surface area contributed by atoms with Crippen LogP contribution in [0.3, 0.4) is 0 Å². The van der Waals surface area contributed by atoms with E-state index in [0.717, 1.165) is 21.5 Å². The van der Waals surface area contributed by atoms with E-state index in [2.05, 4.69) is 21.2 Å². The third-order valence-corrected chi connectivity index (χ3v) is 3.86. The largest absolute Gasteiger partial charge is 0.494 e. The van der Waals surface area contributed by atoms with E-state index in [9.17, 15) is 4.79 Å². The van der Waals surface area contributed by atoms with Crippen molar-refractivity contribution in [3.63, 3.8) is 0 Å². The maximum absolute atomic E-state index is 11.9. The normalized spacial score (nSPS) is 10.3. The van der Waals surface area contributed by atoms with Crippen LogP contribution in [-0.2, 0) is 4.79 Å². The van der Waals surface area contributed by atoms with Crippen LogP contribution in [0.25, 0.3) is 0 Å². The summed E-state index contributed by atoms with van der Waals surface area (Å²) >= 11 is 9.26. The molecule has 0 heterocycles. The van der Waals surface area contributed by atoms with E-state index in [0.29, 0.717) is 24.5 Å². The predicted molar refractivity (Wildman–Crippen MR) is 93.7 cm³/mol. The number of carbonyl (C=O) groups is 1. The lowest BCUT2D eigenvalue weighted by Gasteiger charge is -2.09. The average molecular weight is 383 g/mol. The number of amides is 1. The summed E-state index contributed by atoms with van der Waals surface area (Å²) in [5.41, 5.74) is 1.75. The lowest BCUT2D eigenvalue weighted by molar-refractivity contribution is -0.116. The first-order valence-corrected chi connectivity index (χ1v) is 8.16. The SMILES string of the molecule is Cc1cc(Cl)ccc1NC(=O)CCCOc1ccc(Br)cc1. The molecule has 2 aromatic carbocycles. The minimum atomic E-state index is -0.0233. The quantitative estimate of drug-likeness (QED) is 0.697. The zero-order valence-corrected chi connectivity index (χ0v) is 14.6. The van der Waals surface area contributed by atoms with Gasteiger partial charge in [-0.2, -0.15) is 0 Å². The topological polar surface area (TPSA) is 38.3 Å². The number of benzene rings is 2. The molecule has 0 saturated heterocycles. The number of hydrogen-bond acceptors (Lipinski definition) is 2. The zero-order chi connectivity index (χ0) is 15.9. The van der Waals surface area contributed by atoms with Crippen molar-refractivity contribution in [3.8, 4) is 5.75 Å². The lowest BCUT2D eigenvalue weighted by Crippen LogP contribution is -2.13. The first kappa shape index (κ1) is 16.8. The van der Waals surface area contributed by atoms with Gasteiger partial charge in [-0.15, -0.1) is 0 Å². The van der Waals surface area contributed by atoms with Crippen LogP contribution >= 0.6 is 27.5 Å². The number of rotatable bonds is 6. The number of halogens is 2. The molecule has 2 aromatic rings. The number of nitrogens with one attached hydrogen (secondary N) is 1. The smallest absolute Gasteiger partial charge is 0.224 e. The Morgan fingerprint density at radius 1 is 1.23 bits per heavy atom. The summed E-state index contributed by atoms with van der Waals surface area (Å²) in [5.74, 6) is 0.780. The van der Waals surface area contributed by atoms with E-state index in [1.165, 1.54) is 0 Å². The lowest BCUT2D eigenvalue weighted by atomic mass is 10.2. The molecule has 0 aliphatic rings. The third-order valence-electron chi connectivity index (χ3n) is 3.09. The Labute approximate surface area is 143 Å². The van der Waals surface area contributed by atoms with Gasteiger partial charge in [-0.05, 0) is 61.4 Å². The van der Waals surface area contributed by atoms with Gasteiger partial charge in [0.1, 0.15) is 5.75 Å². The molecule has 0 atom stereocenters. The molecule has 116 valence electrons. The average Bonchev–Trinajstić information content (AvgIpc) is 2.48. The van der Waals surface area contributed by atoms with Gasteiger partial charge in [0.25, 0.3) is 0 Å². The van der Waals surface area contributed by atoms with Crippen molar-refractivity contribution in [2.24, 2.45) is 0 Å². The Morgan fingerprint density at radius 3 is 2.64 bits per heavy atom. The first-order chi connectivity index (χ1) is 10.5. The van der Waals surface area contributed by atoms with Crippen LogP contribution in [0.15, 0.2) is 46.9 Å². The van der Waals surface area contributed by atoms with Gasteiger partial charge in [-0.1, -0.05) is 27.5 Å². The van der Waals surface area contributed by atoms with E-state index in [1.807, 2.05) is 43.3 Å². The number of anilines is 1. The summed E-state index contributed by atoms with van der Waals surface area (Å²) in [6.45, 7) is 2.42. The second kappa shape index (κ2) is 8.20. The summed E-state index contributed by atoms with van der Waals surface area (Å²) < 4.78 is 6.59. The number of aryl methyl sites for hydroxylation is 1. The molecule has 0 unspecified atom stereocenters. The van der Waals surface area contributed by atoms with Crippen LogP contribution in [0, 0.1) is 6.92 Å². The standard InChI is InChI=1S/C17H17BrClNO2/c1-12-11-14(19)6-9-16(12)20-17(21)3-2-10-22-15-7-4-13(18)5-8-15/h4-9,11H,2-3,10H2,1H3,(H,20,21).